The van der Waals surface area contributed by atoms with Gasteiger partial charge in [0.05, 0.1) is 19.2 Å². The summed E-state index contributed by atoms with van der Waals surface area (Å²) >= 11 is 0. The first-order chi connectivity index (χ1) is 9.63. The molecule has 106 valence electrons. The lowest BCUT2D eigenvalue weighted by molar-refractivity contribution is -0.194. The highest BCUT2D eigenvalue weighted by atomic mass is 19.1. The van der Waals surface area contributed by atoms with E-state index in [0.717, 1.165) is 10.6 Å². The van der Waals surface area contributed by atoms with Gasteiger partial charge in [0, 0.05) is 4.91 Å². The van der Waals surface area contributed by atoms with Gasteiger partial charge in [0.1, 0.15) is 12.2 Å². The molecule has 0 amide bonds. The van der Waals surface area contributed by atoms with Gasteiger partial charge < -0.3 is 5.11 Å². The van der Waals surface area contributed by atoms with E-state index in [-0.39, 0.29) is 13.2 Å². The lowest BCUT2D eigenvalue weighted by Gasteiger charge is -2.21. The van der Waals surface area contributed by atoms with Crippen molar-refractivity contribution in [2.24, 2.45) is 5.11 Å². The topological polar surface area (TPSA) is 98.5 Å². The number of rotatable bonds is 5. The van der Waals surface area contributed by atoms with Gasteiger partial charge >= 0.3 is 5.97 Å². The van der Waals surface area contributed by atoms with E-state index in [9.17, 15) is 9.18 Å². The molecule has 3 unspecified atom stereocenters. The zero-order chi connectivity index (χ0) is 14.5. The molecular weight excluding hydrogens is 267 g/mol. The van der Waals surface area contributed by atoms with Crippen LogP contribution in [0.4, 0.5) is 4.39 Å². The molecule has 1 aliphatic rings. The second kappa shape index (κ2) is 6.33. The average molecular weight is 280 g/mol. The fourth-order valence-electron chi connectivity index (χ4n) is 2.09. The van der Waals surface area contributed by atoms with Crippen LogP contribution in [0.1, 0.15) is 5.56 Å². The van der Waals surface area contributed by atoms with Gasteiger partial charge in [0.15, 0.2) is 0 Å². The van der Waals surface area contributed by atoms with E-state index in [1.54, 1.807) is 0 Å². The van der Waals surface area contributed by atoms with Crippen molar-refractivity contribution in [3.63, 3.8) is 0 Å². The van der Waals surface area contributed by atoms with Crippen LogP contribution in [0.25, 0.3) is 10.4 Å². The van der Waals surface area contributed by atoms with Gasteiger partial charge in [-0.1, -0.05) is 35.4 Å². The van der Waals surface area contributed by atoms with E-state index in [0.29, 0.717) is 0 Å². The number of azide groups is 1. The molecule has 0 radical (unpaired) electrons. The van der Waals surface area contributed by atoms with Crippen LogP contribution in [-0.4, -0.2) is 40.9 Å². The highest BCUT2D eigenvalue weighted by Gasteiger charge is 2.47. The Labute approximate surface area is 114 Å². The standard InChI is InChI=1S/C12H13FN4O3/c13-9-6-17(11(12(18)19)10(9)15-16-14)20-7-8-4-2-1-3-5-8/h1-5,9-11H,6-7H2,(H,18,19). The second-order valence-corrected chi connectivity index (χ2v) is 4.35. The Morgan fingerprint density at radius 1 is 1.55 bits per heavy atom. The molecule has 0 aliphatic carbocycles. The molecule has 0 saturated carbocycles. The van der Waals surface area contributed by atoms with Crippen molar-refractivity contribution in [2.75, 3.05) is 6.54 Å². The first-order valence-corrected chi connectivity index (χ1v) is 5.98. The summed E-state index contributed by atoms with van der Waals surface area (Å²) in [4.78, 5) is 19.0. The number of carbonyl (C=O) groups is 1. The maximum Gasteiger partial charge on any atom is 0.323 e. The normalized spacial score (nSPS) is 26.1. The minimum atomic E-state index is -1.57. The summed E-state index contributed by atoms with van der Waals surface area (Å²) in [5.74, 6) is -1.28. The summed E-state index contributed by atoms with van der Waals surface area (Å²) in [5, 5.41) is 13.4. The predicted octanol–water partition coefficient (Wildman–Crippen LogP) is 1.90. The highest BCUT2D eigenvalue weighted by molar-refractivity contribution is 5.75. The minimum absolute atomic E-state index is 0.125. The second-order valence-electron chi connectivity index (χ2n) is 4.35. The van der Waals surface area contributed by atoms with Gasteiger partial charge in [-0.05, 0) is 11.1 Å². The van der Waals surface area contributed by atoms with Crippen LogP contribution in [0.2, 0.25) is 0 Å². The van der Waals surface area contributed by atoms with Crippen molar-refractivity contribution in [1.29, 1.82) is 0 Å². The van der Waals surface area contributed by atoms with E-state index in [4.69, 9.17) is 15.5 Å². The number of hydrogen-bond donors (Lipinski definition) is 1. The first kappa shape index (κ1) is 14.3. The number of hydroxylamine groups is 2. The summed E-state index contributed by atoms with van der Waals surface area (Å²) in [7, 11) is 0. The summed E-state index contributed by atoms with van der Waals surface area (Å²) in [6, 6.07) is 6.50. The largest absolute Gasteiger partial charge is 0.480 e. The van der Waals surface area contributed by atoms with Crippen LogP contribution in [-0.2, 0) is 16.2 Å². The number of carboxylic acid groups (broad SMARTS) is 1. The van der Waals surface area contributed by atoms with Crippen LogP contribution in [0.15, 0.2) is 35.4 Å². The molecule has 2 rings (SSSR count). The van der Waals surface area contributed by atoms with E-state index in [2.05, 4.69) is 10.0 Å². The summed E-state index contributed by atoms with van der Waals surface area (Å²) in [6.45, 7) is -0.117. The SMILES string of the molecule is [N-]=[N+]=NC1C(F)CN(OCc2ccccc2)C1C(=O)O. The van der Waals surface area contributed by atoms with Crippen molar-refractivity contribution in [3.8, 4) is 0 Å². The zero-order valence-electron chi connectivity index (χ0n) is 10.5. The molecule has 3 atom stereocenters. The Hall–Kier alpha value is -2.15. The molecule has 1 saturated heterocycles. The Kier molecular flexibility index (Phi) is 4.52. The highest BCUT2D eigenvalue weighted by Crippen LogP contribution is 2.25. The van der Waals surface area contributed by atoms with E-state index < -0.39 is 24.2 Å². The molecule has 8 heteroatoms. The van der Waals surface area contributed by atoms with Crippen molar-refractivity contribution in [3.05, 3.63) is 46.3 Å². The molecule has 1 aliphatic heterocycles. The third-order valence-electron chi connectivity index (χ3n) is 3.04. The van der Waals surface area contributed by atoms with Gasteiger partial charge in [-0.2, -0.15) is 5.06 Å². The summed E-state index contributed by atoms with van der Waals surface area (Å²) in [6.07, 6.45) is -1.57. The molecule has 1 N–H and O–H groups in total. The number of alkyl halides is 1. The number of aliphatic carboxylic acids is 1. The number of benzene rings is 1. The van der Waals surface area contributed by atoms with Gasteiger partial charge in [0.25, 0.3) is 0 Å². The van der Waals surface area contributed by atoms with Crippen molar-refractivity contribution in [2.45, 2.75) is 24.9 Å². The Morgan fingerprint density at radius 2 is 2.25 bits per heavy atom. The molecule has 1 aromatic carbocycles. The van der Waals surface area contributed by atoms with E-state index in [1.165, 1.54) is 0 Å². The Balaban J connectivity index is 2.07. The summed E-state index contributed by atoms with van der Waals surface area (Å²) < 4.78 is 13.7. The fourth-order valence-corrected chi connectivity index (χ4v) is 2.09. The third kappa shape index (κ3) is 3.05. The minimum Gasteiger partial charge on any atom is -0.480 e. The quantitative estimate of drug-likeness (QED) is 0.506. The molecular formula is C12H13FN4O3. The zero-order valence-corrected chi connectivity index (χ0v) is 10.5. The lowest BCUT2D eigenvalue weighted by Crippen LogP contribution is -2.41. The molecule has 0 spiro atoms. The molecule has 0 aromatic heterocycles. The van der Waals surface area contributed by atoms with Gasteiger partial charge in [-0.15, -0.1) is 0 Å². The van der Waals surface area contributed by atoms with Crippen LogP contribution in [0.5, 0.6) is 0 Å². The van der Waals surface area contributed by atoms with Gasteiger partial charge in [-0.3, -0.25) is 9.63 Å². The number of carboxylic acids is 1. The van der Waals surface area contributed by atoms with Crippen LogP contribution >= 0.6 is 0 Å². The molecule has 20 heavy (non-hydrogen) atoms. The first-order valence-electron chi connectivity index (χ1n) is 5.98. The monoisotopic (exact) mass is 280 g/mol. The van der Waals surface area contributed by atoms with Gasteiger partial charge in [0.2, 0.25) is 0 Å². The number of halogens is 1. The van der Waals surface area contributed by atoms with Crippen molar-refractivity contribution >= 4 is 5.97 Å². The fraction of sp³-hybridized carbons (Fsp3) is 0.417. The van der Waals surface area contributed by atoms with Gasteiger partial charge in [-0.25, -0.2) is 4.39 Å². The molecule has 7 nitrogen and oxygen atoms in total. The van der Waals surface area contributed by atoms with Crippen LogP contribution in [0.3, 0.4) is 0 Å². The van der Waals surface area contributed by atoms with Crippen molar-refractivity contribution < 1.29 is 19.1 Å². The number of hydrogen-bond acceptors (Lipinski definition) is 4. The Bertz CT molecular complexity index is 521. The van der Waals surface area contributed by atoms with Crippen LogP contribution < -0.4 is 0 Å². The number of nitrogens with zero attached hydrogens (tertiary/aromatic N) is 4. The lowest BCUT2D eigenvalue weighted by atomic mass is 10.1. The smallest absolute Gasteiger partial charge is 0.323 e. The Morgan fingerprint density at radius 3 is 2.85 bits per heavy atom. The molecule has 0 bridgehead atoms. The maximum absolute atomic E-state index is 13.7. The maximum atomic E-state index is 13.7. The van der Waals surface area contributed by atoms with E-state index >= 15 is 0 Å². The molecule has 1 heterocycles. The molecule has 1 fully saturated rings. The van der Waals surface area contributed by atoms with E-state index in [1.807, 2.05) is 30.3 Å². The predicted molar refractivity (Wildman–Crippen MR) is 67.2 cm³/mol. The molecule has 1 aromatic rings. The third-order valence-corrected chi connectivity index (χ3v) is 3.04. The summed E-state index contributed by atoms with van der Waals surface area (Å²) in [5.41, 5.74) is 9.21. The van der Waals surface area contributed by atoms with Crippen LogP contribution in [0, 0.1) is 0 Å². The van der Waals surface area contributed by atoms with Crippen molar-refractivity contribution in [1.82, 2.24) is 5.06 Å². The average Bonchev–Trinajstić information content (AvgIpc) is 2.75.